The Labute approximate surface area is 168 Å². The maximum atomic E-state index is 6.22. The largest absolute Gasteiger partial charge is 0.485 e. The van der Waals surface area contributed by atoms with E-state index in [2.05, 4.69) is 26.9 Å². The molecule has 8 nitrogen and oxygen atoms in total. The summed E-state index contributed by atoms with van der Waals surface area (Å²) in [4.78, 5) is 10.7. The first kappa shape index (κ1) is 18.3. The smallest absolute Gasteiger partial charge is 0.266 e. The molecule has 29 heavy (non-hydrogen) atoms. The summed E-state index contributed by atoms with van der Waals surface area (Å²) in [5.74, 6) is 2.12. The van der Waals surface area contributed by atoms with Gasteiger partial charge in [-0.3, -0.25) is 4.98 Å². The zero-order valence-corrected chi connectivity index (χ0v) is 16.4. The average molecular weight is 396 g/mol. The first-order valence-corrected chi connectivity index (χ1v) is 10.1. The zero-order valence-electron chi connectivity index (χ0n) is 16.4. The van der Waals surface area contributed by atoms with Crippen molar-refractivity contribution >= 4 is 16.7 Å². The Balaban J connectivity index is 1.22. The molecule has 0 aliphatic carbocycles. The summed E-state index contributed by atoms with van der Waals surface area (Å²) in [5, 5.41) is 6.19. The summed E-state index contributed by atoms with van der Waals surface area (Å²) in [6, 6.07) is 7.94. The Hall–Kier alpha value is -2.71. The van der Waals surface area contributed by atoms with Crippen molar-refractivity contribution in [1.29, 1.82) is 0 Å². The van der Waals surface area contributed by atoms with Gasteiger partial charge in [-0.2, -0.15) is 4.98 Å². The van der Waals surface area contributed by atoms with E-state index in [1.54, 1.807) is 6.20 Å². The maximum absolute atomic E-state index is 6.22. The highest BCUT2D eigenvalue weighted by Crippen LogP contribution is 2.28. The molecule has 0 unspecified atom stereocenters. The van der Waals surface area contributed by atoms with Gasteiger partial charge in [0.25, 0.3) is 5.95 Å². The molecule has 0 amide bonds. The van der Waals surface area contributed by atoms with E-state index in [9.17, 15) is 0 Å². The molecule has 2 saturated heterocycles. The lowest BCUT2D eigenvalue weighted by atomic mass is 10.1. The predicted octanol–water partition coefficient (Wildman–Crippen LogP) is 2.62. The fraction of sp³-hybridized carbons (Fsp3) is 0.476. The second kappa shape index (κ2) is 7.96. The molecule has 2 atom stereocenters. The molecular formula is C21H24N4O4. The van der Waals surface area contributed by atoms with E-state index in [0.717, 1.165) is 29.4 Å². The van der Waals surface area contributed by atoms with Crippen LogP contribution in [0.25, 0.3) is 10.8 Å². The van der Waals surface area contributed by atoms with Crippen LogP contribution in [0.15, 0.2) is 41.2 Å². The number of rotatable bonds is 5. The van der Waals surface area contributed by atoms with Crippen molar-refractivity contribution in [1.82, 2.24) is 15.1 Å². The highest BCUT2D eigenvalue weighted by Gasteiger charge is 2.39. The average Bonchev–Trinajstić information content (AvgIpc) is 3.33. The number of benzene rings is 1. The highest BCUT2D eigenvalue weighted by atomic mass is 16.6. The van der Waals surface area contributed by atoms with Crippen LogP contribution in [0, 0.1) is 0 Å². The Morgan fingerprint density at radius 2 is 1.97 bits per heavy atom. The van der Waals surface area contributed by atoms with Crippen LogP contribution in [-0.2, 0) is 15.9 Å². The van der Waals surface area contributed by atoms with Crippen LogP contribution in [0.2, 0.25) is 0 Å². The molecule has 3 aromatic rings. The molecule has 0 bridgehead atoms. The van der Waals surface area contributed by atoms with Gasteiger partial charge in [0, 0.05) is 42.7 Å². The number of aromatic nitrogens is 3. The van der Waals surface area contributed by atoms with E-state index in [4.69, 9.17) is 18.7 Å². The van der Waals surface area contributed by atoms with Crippen molar-refractivity contribution in [2.45, 2.75) is 38.1 Å². The standard InChI is InChI=1S/C21H24N4O4/c1-2-4-20-23-21(24-29-20)25-10-18-19(11-25)27-13-15(12-26-18)28-17-6-3-5-14-9-22-8-7-16(14)17/h3,5-9,15,18-19H,2,4,10-13H2,1H3/t18-,19-/m0/s1. The lowest BCUT2D eigenvalue weighted by Gasteiger charge is -2.19. The number of fused-ring (bicyclic) bond motifs is 2. The minimum atomic E-state index is -0.158. The van der Waals surface area contributed by atoms with Gasteiger partial charge >= 0.3 is 0 Å². The lowest BCUT2D eigenvalue weighted by molar-refractivity contribution is -0.00461. The molecule has 8 heteroatoms. The van der Waals surface area contributed by atoms with Crippen molar-refractivity contribution in [3.63, 3.8) is 0 Å². The number of pyridine rings is 1. The fourth-order valence-corrected chi connectivity index (χ4v) is 3.87. The van der Waals surface area contributed by atoms with Gasteiger partial charge in [-0.15, -0.1) is 0 Å². The van der Waals surface area contributed by atoms with E-state index in [1.807, 2.05) is 30.5 Å². The molecule has 1 aromatic carbocycles. The molecule has 2 aliphatic rings. The van der Waals surface area contributed by atoms with Gasteiger partial charge in [0.1, 0.15) is 24.1 Å². The van der Waals surface area contributed by atoms with Crippen molar-refractivity contribution in [3.05, 3.63) is 42.5 Å². The molecule has 152 valence electrons. The number of hydrogen-bond donors (Lipinski definition) is 0. The van der Waals surface area contributed by atoms with Gasteiger partial charge in [0.15, 0.2) is 0 Å². The topological polar surface area (TPSA) is 82.7 Å². The van der Waals surface area contributed by atoms with Crippen LogP contribution in [0.5, 0.6) is 5.75 Å². The molecule has 4 heterocycles. The van der Waals surface area contributed by atoms with Crippen molar-refractivity contribution in [2.75, 3.05) is 31.2 Å². The Morgan fingerprint density at radius 1 is 1.14 bits per heavy atom. The van der Waals surface area contributed by atoms with Crippen LogP contribution < -0.4 is 9.64 Å². The second-order valence-corrected chi connectivity index (χ2v) is 7.48. The van der Waals surface area contributed by atoms with Gasteiger partial charge in [-0.25, -0.2) is 0 Å². The van der Waals surface area contributed by atoms with E-state index in [0.29, 0.717) is 38.1 Å². The third-order valence-electron chi connectivity index (χ3n) is 5.35. The summed E-state index contributed by atoms with van der Waals surface area (Å²) < 4.78 is 23.8. The highest BCUT2D eigenvalue weighted by molar-refractivity contribution is 5.87. The van der Waals surface area contributed by atoms with Crippen LogP contribution in [0.3, 0.4) is 0 Å². The van der Waals surface area contributed by atoms with Crippen LogP contribution in [0.1, 0.15) is 19.2 Å². The lowest BCUT2D eigenvalue weighted by Crippen LogP contribution is -2.30. The number of ether oxygens (including phenoxy) is 3. The van der Waals surface area contributed by atoms with Gasteiger partial charge in [0.05, 0.1) is 13.2 Å². The predicted molar refractivity (Wildman–Crippen MR) is 106 cm³/mol. The van der Waals surface area contributed by atoms with Gasteiger partial charge in [-0.05, 0) is 23.7 Å². The molecule has 0 saturated carbocycles. The quantitative estimate of drug-likeness (QED) is 0.651. The summed E-state index contributed by atoms with van der Waals surface area (Å²) >= 11 is 0. The van der Waals surface area contributed by atoms with Crippen molar-refractivity contribution in [3.8, 4) is 5.75 Å². The third kappa shape index (κ3) is 3.77. The van der Waals surface area contributed by atoms with E-state index in [1.165, 1.54) is 0 Å². The van der Waals surface area contributed by atoms with Gasteiger partial charge in [0.2, 0.25) is 5.89 Å². The molecular weight excluding hydrogens is 372 g/mol. The van der Waals surface area contributed by atoms with Crippen molar-refractivity contribution < 1.29 is 18.7 Å². The summed E-state index contributed by atoms with van der Waals surface area (Å²) in [6.07, 6.45) is 5.16. The van der Waals surface area contributed by atoms with Crippen molar-refractivity contribution in [2.24, 2.45) is 0 Å². The Kier molecular flexibility index (Phi) is 5.03. The molecule has 0 radical (unpaired) electrons. The fourth-order valence-electron chi connectivity index (χ4n) is 3.87. The van der Waals surface area contributed by atoms with Gasteiger partial charge < -0.3 is 23.6 Å². The number of anilines is 1. The minimum Gasteiger partial charge on any atom is -0.485 e. The molecule has 2 fully saturated rings. The Bertz CT molecular complexity index is 957. The first-order chi connectivity index (χ1) is 14.3. The van der Waals surface area contributed by atoms with Crippen LogP contribution >= 0.6 is 0 Å². The monoisotopic (exact) mass is 396 g/mol. The SMILES string of the molecule is CCCc1nc(N2C[C@@H]3OCC(Oc4cccc5cnccc45)CO[C@H]3C2)no1. The summed E-state index contributed by atoms with van der Waals surface area (Å²) in [6.45, 7) is 4.41. The molecule has 2 aromatic heterocycles. The minimum absolute atomic E-state index is 0.0338. The van der Waals surface area contributed by atoms with Crippen LogP contribution in [-0.4, -0.2) is 59.7 Å². The number of nitrogens with zero attached hydrogens (tertiary/aromatic N) is 4. The number of aryl methyl sites for hydroxylation is 1. The molecule has 2 aliphatic heterocycles. The van der Waals surface area contributed by atoms with E-state index >= 15 is 0 Å². The van der Waals surface area contributed by atoms with Gasteiger partial charge in [-0.1, -0.05) is 19.1 Å². The van der Waals surface area contributed by atoms with E-state index in [-0.39, 0.29) is 18.3 Å². The second-order valence-electron chi connectivity index (χ2n) is 7.48. The molecule has 5 rings (SSSR count). The summed E-state index contributed by atoms with van der Waals surface area (Å²) in [5.41, 5.74) is 0. The van der Waals surface area contributed by atoms with E-state index < -0.39 is 0 Å². The number of hydrogen-bond acceptors (Lipinski definition) is 8. The zero-order chi connectivity index (χ0) is 19.6. The summed E-state index contributed by atoms with van der Waals surface area (Å²) in [7, 11) is 0. The normalized spacial score (nSPS) is 22.6. The third-order valence-corrected chi connectivity index (χ3v) is 5.35. The Morgan fingerprint density at radius 3 is 2.76 bits per heavy atom. The van der Waals surface area contributed by atoms with Crippen LogP contribution in [0.4, 0.5) is 5.95 Å². The first-order valence-electron chi connectivity index (χ1n) is 10.1. The molecule has 0 spiro atoms. The molecule has 0 N–H and O–H groups in total. The maximum Gasteiger partial charge on any atom is 0.266 e.